The van der Waals surface area contributed by atoms with Crippen molar-refractivity contribution in [3.63, 3.8) is 0 Å². The molecule has 0 aliphatic rings. The molecule has 0 atom stereocenters. The SMILES string of the molecule is OCCCN(CCCO)CCCN(CCCN(CCCO)CCCO)CCCN(CCCO)CCCO. The highest BCUT2D eigenvalue weighted by Gasteiger charge is 2.11. The monoisotopic (exact) mass is 536 g/mol. The van der Waals surface area contributed by atoms with E-state index in [2.05, 4.69) is 19.6 Å². The number of aliphatic hydroxyl groups is 6. The van der Waals surface area contributed by atoms with E-state index in [1.807, 2.05) is 0 Å². The summed E-state index contributed by atoms with van der Waals surface area (Å²) in [6.07, 6.45) is 7.63. The maximum absolute atomic E-state index is 9.21. The smallest absolute Gasteiger partial charge is 0.0443 e. The Balaban J connectivity index is 4.83. The van der Waals surface area contributed by atoms with Gasteiger partial charge in [-0.3, -0.25) is 0 Å². The molecule has 0 aromatic rings. The van der Waals surface area contributed by atoms with E-state index in [1.54, 1.807) is 0 Å². The second kappa shape index (κ2) is 28.6. The number of hydrogen-bond acceptors (Lipinski definition) is 10. The first kappa shape index (κ1) is 36.6. The second-order valence-corrected chi connectivity index (χ2v) is 9.89. The van der Waals surface area contributed by atoms with E-state index in [0.29, 0.717) is 0 Å². The van der Waals surface area contributed by atoms with Crippen molar-refractivity contribution >= 4 is 0 Å². The Bertz CT molecular complexity index is 367. The molecule has 0 rings (SSSR count). The summed E-state index contributed by atoms with van der Waals surface area (Å²) >= 11 is 0. The van der Waals surface area contributed by atoms with Gasteiger partial charge in [0, 0.05) is 78.9 Å². The van der Waals surface area contributed by atoms with Crippen LogP contribution in [-0.4, -0.2) is 168 Å². The number of rotatable bonds is 30. The van der Waals surface area contributed by atoms with Crippen LogP contribution in [-0.2, 0) is 0 Å². The normalized spacial score (nSPS) is 12.2. The van der Waals surface area contributed by atoms with Crippen LogP contribution in [0.25, 0.3) is 0 Å². The predicted molar refractivity (Wildman–Crippen MR) is 150 cm³/mol. The standard InChI is InChI=1S/C27H60N4O6/c32-22-4-16-29(17-5-23-33)13-1-10-28(11-2-14-30(18-6-24-34)19-7-25-35)12-3-15-31(20-8-26-36)21-9-27-37/h32-37H,1-27H2. The van der Waals surface area contributed by atoms with Gasteiger partial charge in [-0.15, -0.1) is 0 Å². The zero-order chi connectivity index (χ0) is 27.4. The first-order valence-electron chi connectivity index (χ1n) is 14.7. The van der Waals surface area contributed by atoms with Gasteiger partial charge in [-0.05, 0) is 97.1 Å². The van der Waals surface area contributed by atoms with Crippen LogP contribution < -0.4 is 0 Å². The van der Waals surface area contributed by atoms with Crippen molar-refractivity contribution in [2.24, 2.45) is 0 Å². The zero-order valence-electron chi connectivity index (χ0n) is 23.6. The first-order valence-corrected chi connectivity index (χ1v) is 14.7. The Labute approximate surface area is 226 Å². The molecule has 6 N–H and O–H groups in total. The fraction of sp³-hybridized carbons (Fsp3) is 1.00. The Hall–Kier alpha value is -0.400. The summed E-state index contributed by atoms with van der Waals surface area (Å²) in [5.41, 5.74) is 0. The topological polar surface area (TPSA) is 134 Å². The van der Waals surface area contributed by atoms with Crippen LogP contribution in [0.2, 0.25) is 0 Å². The molecular weight excluding hydrogens is 476 g/mol. The van der Waals surface area contributed by atoms with Gasteiger partial charge in [0.15, 0.2) is 0 Å². The van der Waals surface area contributed by atoms with Gasteiger partial charge in [0.25, 0.3) is 0 Å². The summed E-state index contributed by atoms with van der Waals surface area (Å²) in [6, 6.07) is 0. The van der Waals surface area contributed by atoms with Crippen molar-refractivity contribution in [2.45, 2.75) is 57.8 Å². The van der Waals surface area contributed by atoms with Gasteiger partial charge >= 0.3 is 0 Å². The minimum Gasteiger partial charge on any atom is -0.396 e. The van der Waals surface area contributed by atoms with Gasteiger partial charge in [-0.2, -0.15) is 0 Å². The lowest BCUT2D eigenvalue weighted by Crippen LogP contribution is -2.36. The minimum atomic E-state index is 0.188. The van der Waals surface area contributed by atoms with E-state index in [-0.39, 0.29) is 39.6 Å². The Morgan fingerprint density at radius 2 is 0.351 bits per heavy atom. The fourth-order valence-corrected chi connectivity index (χ4v) is 4.66. The van der Waals surface area contributed by atoms with E-state index >= 15 is 0 Å². The minimum absolute atomic E-state index is 0.188. The van der Waals surface area contributed by atoms with Gasteiger partial charge in [0.05, 0.1) is 0 Å². The van der Waals surface area contributed by atoms with E-state index in [0.717, 1.165) is 136 Å². The third kappa shape index (κ3) is 23.2. The Morgan fingerprint density at radius 1 is 0.216 bits per heavy atom. The van der Waals surface area contributed by atoms with Crippen molar-refractivity contribution in [3.05, 3.63) is 0 Å². The molecule has 0 radical (unpaired) electrons. The average Bonchev–Trinajstić information content (AvgIpc) is 2.91. The molecule has 0 aliphatic heterocycles. The number of hydrogen-bond donors (Lipinski definition) is 6. The molecule has 0 heterocycles. The predicted octanol–water partition coefficient (Wildman–Crippen LogP) is -0.341. The molecule has 0 aromatic carbocycles. The quantitative estimate of drug-likeness (QED) is 0.0724. The molecule has 0 bridgehead atoms. The maximum Gasteiger partial charge on any atom is 0.0443 e. The highest BCUT2D eigenvalue weighted by atomic mass is 16.3. The second-order valence-electron chi connectivity index (χ2n) is 9.89. The zero-order valence-corrected chi connectivity index (χ0v) is 23.6. The molecule has 0 aromatic heterocycles. The van der Waals surface area contributed by atoms with Gasteiger partial charge in [0.1, 0.15) is 0 Å². The lowest BCUT2D eigenvalue weighted by atomic mass is 10.2. The van der Waals surface area contributed by atoms with Crippen LogP contribution >= 0.6 is 0 Å². The molecule has 0 unspecified atom stereocenters. The number of aliphatic hydroxyl groups excluding tert-OH is 6. The van der Waals surface area contributed by atoms with Crippen LogP contribution in [0.5, 0.6) is 0 Å². The highest BCUT2D eigenvalue weighted by Crippen LogP contribution is 2.05. The van der Waals surface area contributed by atoms with Gasteiger partial charge in [0.2, 0.25) is 0 Å². The van der Waals surface area contributed by atoms with Crippen LogP contribution in [0.15, 0.2) is 0 Å². The molecule has 10 heteroatoms. The summed E-state index contributed by atoms with van der Waals surface area (Å²) in [5.74, 6) is 0. The van der Waals surface area contributed by atoms with Crippen LogP contribution in [0.1, 0.15) is 57.8 Å². The van der Waals surface area contributed by atoms with Gasteiger partial charge < -0.3 is 50.2 Å². The average molecular weight is 537 g/mol. The summed E-state index contributed by atoms with van der Waals surface area (Å²) in [4.78, 5) is 9.54. The maximum atomic E-state index is 9.21. The fourth-order valence-electron chi connectivity index (χ4n) is 4.66. The van der Waals surface area contributed by atoms with Crippen molar-refractivity contribution in [1.82, 2.24) is 19.6 Å². The largest absolute Gasteiger partial charge is 0.396 e. The molecular formula is C27H60N4O6. The Kier molecular flexibility index (Phi) is 28.3. The summed E-state index contributed by atoms with van der Waals surface area (Å²) < 4.78 is 0. The van der Waals surface area contributed by atoms with Crippen LogP contribution in [0.4, 0.5) is 0 Å². The van der Waals surface area contributed by atoms with Crippen molar-refractivity contribution in [2.75, 3.05) is 118 Å². The third-order valence-corrected chi connectivity index (χ3v) is 6.64. The molecule has 0 saturated carbocycles. The van der Waals surface area contributed by atoms with E-state index in [1.165, 1.54) is 0 Å². The van der Waals surface area contributed by atoms with E-state index < -0.39 is 0 Å². The summed E-state index contributed by atoms with van der Waals surface area (Å²) in [6.45, 7) is 12.1. The molecule has 0 fully saturated rings. The molecule has 37 heavy (non-hydrogen) atoms. The third-order valence-electron chi connectivity index (χ3n) is 6.64. The van der Waals surface area contributed by atoms with E-state index in [4.69, 9.17) is 0 Å². The molecule has 0 spiro atoms. The first-order chi connectivity index (χ1) is 18.1. The van der Waals surface area contributed by atoms with E-state index in [9.17, 15) is 30.6 Å². The molecule has 0 saturated heterocycles. The molecule has 0 aliphatic carbocycles. The van der Waals surface area contributed by atoms with Crippen molar-refractivity contribution in [1.29, 1.82) is 0 Å². The van der Waals surface area contributed by atoms with Crippen LogP contribution in [0.3, 0.4) is 0 Å². The van der Waals surface area contributed by atoms with Gasteiger partial charge in [-0.25, -0.2) is 0 Å². The lowest BCUT2D eigenvalue weighted by Gasteiger charge is -2.28. The van der Waals surface area contributed by atoms with Gasteiger partial charge in [-0.1, -0.05) is 0 Å². The molecule has 224 valence electrons. The van der Waals surface area contributed by atoms with Crippen molar-refractivity contribution < 1.29 is 30.6 Å². The summed E-state index contributed by atoms with van der Waals surface area (Å²) in [7, 11) is 0. The molecule has 0 amide bonds. The van der Waals surface area contributed by atoms with Crippen LogP contribution in [0, 0.1) is 0 Å². The summed E-state index contributed by atoms with van der Waals surface area (Å²) in [5, 5.41) is 55.2. The Morgan fingerprint density at radius 3 is 0.486 bits per heavy atom. The number of nitrogens with zero attached hydrogens (tertiary/aromatic N) is 4. The lowest BCUT2D eigenvalue weighted by molar-refractivity contribution is 0.168. The highest BCUT2D eigenvalue weighted by molar-refractivity contribution is 4.67. The molecule has 10 nitrogen and oxygen atoms in total. The van der Waals surface area contributed by atoms with Crippen molar-refractivity contribution in [3.8, 4) is 0 Å².